The van der Waals surface area contributed by atoms with E-state index < -0.39 is 0 Å². The number of hydrogen-bond donors (Lipinski definition) is 1. The molecule has 0 spiro atoms. The Labute approximate surface area is 120 Å². The van der Waals surface area contributed by atoms with Gasteiger partial charge in [-0.15, -0.1) is 0 Å². The van der Waals surface area contributed by atoms with E-state index in [0.717, 1.165) is 17.9 Å². The van der Waals surface area contributed by atoms with Crippen LogP contribution in [0.1, 0.15) is 18.0 Å². The maximum atomic E-state index is 5.75. The van der Waals surface area contributed by atoms with Crippen molar-refractivity contribution in [2.45, 2.75) is 12.5 Å². The van der Waals surface area contributed by atoms with Crippen molar-refractivity contribution in [2.75, 3.05) is 20.8 Å². The first-order valence-corrected chi connectivity index (χ1v) is 6.82. The van der Waals surface area contributed by atoms with Crippen LogP contribution < -0.4 is 14.8 Å². The summed E-state index contributed by atoms with van der Waals surface area (Å²) in [5.74, 6) is 1.79. The Hall–Kier alpha value is -2.00. The van der Waals surface area contributed by atoms with Gasteiger partial charge in [0.25, 0.3) is 0 Å². The Morgan fingerprint density at radius 2 is 1.75 bits per heavy atom. The van der Waals surface area contributed by atoms with Gasteiger partial charge in [-0.05, 0) is 36.9 Å². The third-order valence-electron chi connectivity index (χ3n) is 3.26. The monoisotopic (exact) mass is 271 g/mol. The highest BCUT2D eigenvalue weighted by Gasteiger charge is 2.10. The van der Waals surface area contributed by atoms with Gasteiger partial charge in [-0.25, -0.2) is 0 Å². The summed E-state index contributed by atoms with van der Waals surface area (Å²) in [4.78, 5) is 0. The Kier molecular flexibility index (Phi) is 5.44. The molecule has 0 heterocycles. The molecule has 1 unspecified atom stereocenters. The molecule has 3 heteroatoms. The standard InChI is InChI=1S/C17H21NO2/c1-18-17(14-7-6-10-16(13-14)19-2)11-12-20-15-8-4-3-5-9-15/h3-10,13,17-18H,11-12H2,1-2H3. The van der Waals surface area contributed by atoms with Gasteiger partial charge in [0.15, 0.2) is 0 Å². The van der Waals surface area contributed by atoms with Crippen LogP contribution in [-0.2, 0) is 0 Å². The van der Waals surface area contributed by atoms with Gasteiger partial charge in [0.1, 0.15) is 11.5 Å². The maximum Gasteiger partial charge on any atom is 0.119 e. The smallest absolute Gasteiger partial charge is 0.119 e. The quantitative estimate of drug-likeness (QED) is 0.837. The maximum absolute atomic E-state index is 5.75. The largest absolute Gasteiger partial charge is 0.497 e. The third kappa shape index (κ3) is 4.00. The molecule has 2 rings (SSSR count). The van der Waals surface area contributed by atoms with E-state index in [2.05, 4.69) is 17.4 Å². The molecular formula is C17H21NO2. The summed E-state index contributed by atoms with van der Waals surface area (Å²) in [6, 6.07) is 18.3. The molecule has 0 aliphatic rings. The van der Waals surface area contributed by atoms with Gasteiger partial charge >= 0.3 is 0 Å². The highest BCUT2D eigenvalue weighted by atomic mass is 16.5. The summed E-state index contributed by atoms with van der Waals surface area (Å²) in [5.41, 5.74) is 1.21. The van der Waals surface area contributed by atoms with E-state index in [0.29, 0.717) is 6.61 Å². The second kappa shape index (κ2) is 7.56. The van der Waals surface area contributed by atoms with Crippen molar-refractivity contribution in [1.82, 2.24) is 5.32 Å². The first-order valence-electron chi connectivity index (χ1n) is 6.82. The molecule has 2 aromatic rings. The molecule has 0 saturated carbocycles. The fourth-order valence-corrected chi connectivity index (χ4v) is 2.15. The van der Waals surface area contributed by atoms with Gasteiger partial charge < -0.3 is 14.8 Å². The summed E-state index contributed by atoms with van der Waals surface area (Å²) in [5, 5.41) is 3.32. The van der Waals surface area contributed by atoms with Crippen molar-refractivity contribution in [3.63, 3.8) is 0 Å². The van der Waals surface area contributed by atoms with Crippen LogP contribution in [0.3, 0.4) is 0 Å². The fraction of sp³-hybridized carbons (Fsp3) is 0.294. The van der Waals surface area contributed by atoms with Crippen LogP contribution in [0.4, 0.5) is 0 Å². The lowest BCUT2D eigenvalue weighted by molar-refractivity contribution is 0.290. The van der Waals surface area contributed by atoms with Crippen molar-refractivity contribution in [3.05, 3.63) is 60.2 Å². The Bertz CT molecular complexity index is 513. The molecule has 0 bridgehead atoms. The first kappa shape index (κ1) is 14.4. The molecule has 0 aliphatic carbocycles. The predicted molar refractivity (Wildman–Crippen MR) is 81.3 cm³/mol. The Morgan fingerprint density at radius 3 is 2.45 bits per heavy atom. The Balaban J connectivity index is 1.91. The number of para-hydroxylation sites is 1. The molecule has 3 nitrogen and oxygen atoms in total. The summed E-state index contributed by atoms with van der Waals surface area (Å²) < 4.78 is 11.0. The summed E-state index contributed by atoms with van der Waals surface area (Å²) >= 11 is 0. The summed E-state index contributed by atoms with van der Waals surface area (Å²) in [6.07, 6.45) is 0.901. The molecule has 106 valence electrons. The van der Waals surface area contributed by atoms with Crippen molar-refractivity contribution >= 4 is 0 Å². The molecule has 1 atom stereocenters. The molecular weight excluding hydrogens is 250 g/mol. The minimum absolute atomic E-state index is 0.258. The van der Waals surface area contributed by atoms with Crippen molar-refractivity contribution < 1.29 is 9.47 Å². The highest BCUT2D eigenvalue weighted by molar-refractivity contribution is 5.30. The van der Waals surface area contributed by atoms with E-state index in [1.165, 1.54) is 5.56 Å². The fourth-order valence-electron chi connectivity index (χ4n) is 2.15. The van der Waals surface area contributed by atoms with E-state index in [4.69, 9.17) is 9.47 Å². The van der Waals surface area contributed by atoms with Gasteiger partial charge in [0.05, 0.1) is 13.7 Å². The van der Waals surface area contributed by atoms with E-state index in [1.807, 2.05) is 49.5 Å². The molecule has 1 N–H and O–H groups in total. The second-order valence-electron chi connectivity index (χ2n) is 4.57. The van der Waals surface area contributed by atoms with Gasteiger partial charge in [-0.3, -0.25) is 0 Å². The lowest BCUT2D eigenvalue weighted by Gasteiger charge is -2.17. The predicted octanol–water partition coefficient (Wildman–Crippen LogP) is 3.42. The Morgan fingerprint density at radius 1 is 1.00 bits per heavy atom. The normalized spacial score (nSPS) is 11.9. The minimum Gasteiger partial charge on any atom is -0.497 e. The first-order chi connectivity index (χ1) is 9.83. The molecule has 0 saturated heterocycles. The molecule has 0 fully saturated rings. The molecule has 0 amide bonds. The zero-order valence-electron chi connectivity index (χ0n) is 12.0. The van der Waals surface area contributed by atoms with E-state index in [1.54, 1.807) is 7.11 Å². The number of benzene rings is 2. The van der Waals surface area contributed by atoms with Gasteiger partial charge in [0.2, 0.25) is 0 Å². The van der Waals surface area contributed by atoms with Gasteiger partial charge in [-0.1, -0.05) is 30.3 Å². The summed E-state index contributed by atoms with van der Waals surface area (Å²) in [6.45, 7) is 0.673. The van der Waals surface area contributed by atoms with Crippen LogP contribution in [-0.4, -0.2) is 20.8 Å². The van der Waals surface area contributed by atoms with E-state index in [-0.39, 0.29) is 6.04 Å². The van der Waals surface area contributed by atoms with Crippen LogP contribution in [0, 0.1) is 0 Å². The topological polar surface area (TPSA) is 30.5 Å². The molecule has 2 aromatic carbocycles. The molecule has 0 radical (unpaired) electrons. The van der Waals surface area contributed by atoms with Crippen LogP contribution >= 0.6 is 0 Å². The zero-order chi connectivity index (χ0) is 14.2. The number of methoxy groups -OCH3 is 1. The SMILES string of the molecule is CNC(CCOc1ccccc1)c1cccc(OC)c1. The number of ether oxygens (including phenoxy) is 2. The van der Waals surface area contributed by atoms with E-state index >= 15 is 0 Å². The molecule has 20 heavy (non-hydrogen) atoms. The van der Waals surface area contributed by atoms with Crippen LogP contribution in [0.15, 0.2) is 54.6 Å². The second-order valence-corrected chi connectivity index (χ2v) is 4.57. The molecule has 0 aliphatic heterocycles. The lowest BCUT2D eigenvalue weighted by atomic mass is 10.0. The van der Waals surface area contributed by atoms with Crippen molar-refractivity contribution in [2.24, 2.45) is 0 Å². The van der Waals surface area contributed by atoms with Crippen molar-refractivity contribution in [1.29, 1.82) is 0 Å². The average Bonchev–Trinajstić information content (AvgIpc) is 2.52. The highest BCUT2D eigenvalue weighted by Crippen LogP contribution is 2.21. The number of nitrogens with one attached hydrogen (secondary N) is 1. The van der Waals surface area contributed by atoms with Crippen LogP contribution in [0.2, 0.25) is 0 Å². The van der Waals surface area contributed by atoms with Crippen LogP contribution in [0.5, 0.6) is 11.5 Å². The van der Waals surface area contributed by atoms with Gasteiger partial charge in [0, 0.05) is 12.5 Å². The van der Waals surface area contributed by atoms with Gasteiger partial charge in [-0.2, -0.15) is 0 Å². The molecule has 0 aromatic heterocycles. The zero-order valence-corrected chi connectivity index (χ0v) is 12.0. The summed E-state index contributed by atoms with van der Waals surface area (Å²) in [7, 11) is 3.65. The van der Waals surface area contributed by atoms with Crippen LogP contribution in [0.25, 0.3) is 0 Å². The van der Waals surface area contributed by atoms with E-state index in [9.17, 15) is 0 Å². The lowest BCUT2D eigenvalue weighted by Crippen LogP contribution is -2.19. The number of hydrogen-bond acceptors (Lipinski definition) is 3. The third-order valence-corrected chi connectivity index (χ3v) is 3.26. The minimum atomic E-state index is 0.258. The van der Waals surface area contributed by atoms with Crippen molar-refractivity contribution in [3.8, 4) is 11.5 Å². The number of rotatable bonds is 7. The average molecular weight is 271 g/mol.